The van der Waals surface area contributed by atoms with E-state index >= 15 is 0 Å². The molecule has 1 aromatic carbocycles. The molecule has 2 atom stereocenters. The molecule has 254 valence electrons. The van der Waals surface area contributed by atoms with E-state index in [0.717, 1.165) is 72.7 Å². The number of aliphatic hydroxyl groups excluding tert-OH is 1. The number of hydrogen-bond donors (Lipinski definition) is 1. The highest BCUT2D eigenvalue weighted by Gasteiger charge is 2.50. The number of ether oxygens (including phenoxy) is 2. The summed E-state index contributed by atoms with van der Waals surface area (Å²) in [5, 5.41) is 22.1. The lowest BCUT2D eigenvalue weighted by Gasteiger charge is -2.51. The molecule has 1 saturated carbocycles. The van der Waals surface area contributed by atoms with Crippen LogP contribution in [0.1, 0.15) is 129 Å². The Balaban J connectivity index is 1.62. The number of pyridine rings is 1. The number of rotatable bonds is 6. The first kappa shape index (κ1) is 34.3. The van der Waals surface area contributed by atoms with Crippen molar-refractivity contribution in [1.82, 2.24) is 4.98 Å². The normalized spacial score (nSPS) is 22.6. The number of fused-ring (bicyclic) bond motifs is 1. The molecule has 2 aliphatic heterocycles. The average molecular weight is 669 g/mol. The third-order valence-corrected chi connectivity index (χ3v) is 16.0. The topological polar surface area (TPSA) is 84.6 Å². The van der Waals surface area contributed by atoms with Gasteiger partial charge in [-0.3, -0.25) is 4.98 Å². The Hall–Kier alpha value is -2.55. The molecular formula is C37H47F3N2O4Si. The second-order valence-electron chi connectivity index (χ2n) is 15.5. The largest absolute Gasteiger partial charge is 0.417 e. The highest BCUT2D eigenvalue weighted by atomic mass is 28.4. The molecule has 1 N–H and O–H groups in total. The Bertz CT molecular complexity index is 1580. The van der Waals surface area contributed by atoms with Crippen LogP contribution in [0, 0.1) is 16.7 Å². The van der Waals surface area contributed by atoms with Crippen molar-refractivity contribution in [1.29, 1.82) is 5.26 Å². The SMILES string of the molecule is CC(C)(C)[Si](C)(C)O[C@H]1CC2(CCC2)Cc2nc(C3CCOCC3)c([C@H](O)c3ccc(C(F)(F)F)c(C#N)c3)c(C3=CCOCC3)c21. The quantitative estimate of drug-likeness (QED) is 0.310. The lowest BCUT2D eigenvalue weighted by atomic mass is 9.59. The standard InChI is InChI=1S/C37H47F3N2O4Si/c1-35(2,3)47(4,5)46-29-21-36(13-6-14-36)20-28-31(29)30(23-9-15-44-16-10-23)32(33(42-28)24-11-17-45-18-12-24)34(43)25-7-8-27(37(38,39)40)26(19-25)22-41/h7-9,19,24,29,34,43H,6,10-18,20-21H2,1-5H3/t29-,34+/m0/s1. The highest BCUT2D eigenvalue weighted by molar-refractivity contribution is 6.74. The van der Waals surface area contributed by atoms with Gasteiger partial charge in [0.05, 0.1) is 42.2 Å². The summed E-state index contributed by atoms with van der Waals surface area (Å²) in [5.74, 6) is 0.0156. The highest BCUT2D eigenvalue weighted by Crippen LogP contribution is 2.58. The molecular weight excluding hydrogens is 621 g/mol. The molecule has 0 radical (unpaired) electrons. The summed E-state index contributed by atoms with van der Waals surface area (Å²) in [6.45, 7) is 13.4. The molecule has 2 fully saturated rings. The van der Waals surface area contributed by atoms with Crippen LogP contribution in [0.4, 0.5) is 13.2 Å². The first-order chi connectivity index (χ1) is 22.1. The zero-order chi connectivity index (χ0) is 33.8. The van der Waals surface area contributed by atoms with Crippen LogP contribution < -0.4 is 0 Å². The number of nitriles is 1. The van der Waals surface area contributed by atoms with Gasteiger partial charge in [-0.15, -0.1) is 0 Å². The van der Waals surface area contributed by atoms with E-state index in [1.807, 2.05) is 0 Å². The molecule has 10 heteroatoms. The van der Waals surface area contributed by atoms with Crippen molar-refractivity contribution in [2.24, 2.45) is 5.41 Å². The minimum atomic E-state index is -4.68. The van der Waals surface area contributed by atoms with E-state index in [0.29, 0.717) is 38.4 Å². The van der Waals surface area contributed by atoms with Crippen molar-refractivity contribution >= 4 is 13.9 Å². The zero-order valence-electron chi connectivity index (χ0n) is 28.2. The fraction of sp³-hybridized carbons (Fsp3) is 0.622. The maximum atomic E-state index is 13.8. The van der Waals surface area contributed by atoms with Gasteiger partial charge in [-0.2, -0.15) is 18.4 Å². The fourth-order valence-corrected chi connectivity index (χ4v) is 8.94. The summed E-state index contributed by atoms with van der Waals surface area (Å²) in [4.78, 5) is 5.47. The van der Waals surface area contributed by atoms with Crippen LogP contribution in [-0.2, 0) is 26.5 Å². The number of aliphatic hydroxyl groups is 1. The lowest BCUT2D eigenvalue weighted by molar-refractivity contribution is -0.137. The van der Waals surface area contributed by atoms with Crippen LogP contribution in [0.2, 0.25) is 18.1 Å². The average Bonchev–Trinajstić information content (AvgIpc) is 3.02. The fourth-order valence-electron chi connectivity index (χ4n) is 7.68. The summed E-state index contributed by atoms with van der Waals surface area (Å²) in [5.41, 5.74) is 4.31. The molecule has 1 spiro atoms. The Labute approximate surface area is 277 Å². The van der Waals surface area contributed by atoms with Gasteiger partial charge in [0.25, 0.3) is 0 Å². The van der Waals surface area contributed by atoms with Crippen LogP contribution in [0.15, 0.2) is 24.3 Å². The van der Waals surface area contributed by atoms with E-state index in [1.165, 1.54) is 18.6 Å². The molecule has 0 bridgehead atoms. The maximum Gasteiger partial charge on any atom is 0.417 e. The van der Waals surface area contributed by atoms with E-state index in [4.69, 9.17) is 18.9 Å². The van der Waals surface area contributed by atoms with E-state index in [2.05, 4.69) is 39.9 Å². The number of nitrogens with zero attached hydrogens (tertiary/aromatic N) is 2. The summed E-state index contributed by atoms with van der Waals surface area (Å²) >= 11 is 0. The lowest BCUT2D eigenvalue weighted by Crippen LogP contribution is -2.46. The van der Waals surface area contributed by atoms with E-state index in [1.54, 1.807) is 6.07 Å². The van der Waals surface area contributed by atoms with Crippen molar-refractivity contribution in [2.75, 3.05) is 26.4 Å². The molecule has 6 rings (SSSR count). The van der Waals surface area contributed by atoms with Crippen LogP contribution in [0.3, 0.4) is 0 Å². The first-order valence-electron chi connectivity index (χ1n) is 17.0. The minimum absolute atomic E-state index is 0.0156. The number of alkyl halides is 3. The molecule has 6 nitrogen and oxygen atoms in total. The molecule has 0 unspecified atom stereocenters. The van der Waals surface area contributed by atoms with Gasteiger partial charge in [0.15, 0.2) is 8.32 Å². The molecule has 4 aliphatic rings. The molecule has 1 saturated heterocycles. The second kappa shape index (κ2) is 12.7. The molecule has 47 heavy (non-hydrogen) atoms. The van der Waals surface area contributed by atoms with Crippen LogP contribution in [-0.4, -0.2) is 44.8 Å². The van der Waals surface area contributed by atoms with Gasteiger partial charge in [0, 0.05) is 36.0 Å². The number of benzene rings is 1. The zero-order valence-corrected chi connectivity index (χ0v) is 29.2. The van der Waals surface area contributed by atoms with Crippen LogP contribution >= 0.6 is 0 Å². The Morgan fingerprint density at radius 2 is 1.83 bits per heavy atom. The number of halogens is 3. The van der Waals surface area contributed by atoms with Gasteiger partial charge >= 0.3 is 6.18 Å². The van der Waals surface area contributed by atoms with Crippen molar-refractivity contribution < 1.29 is 32.2 Å². The second-order valence-corrected chi connectivity index (χ2v) is 20.3. The Morgan fingerprint density at radius 1 is 1.11 bits per heavy atom. The predicted octanol–water partition coefficient (Wildman–Crippen LogP) is 8.93. The smallest absolute Gasteiger partial charge is 0.410 e. The van der Waals surface area contributed by atoms with E-state index in [9.17, 15) is 23.5 Å². The van der Waals surface area contributed by atoms with Gasteiger partial charge < -0.3 is 19.0 Å². The van der Waals surface area contributed by atoms with Gasteiger partial charge in [-0.05, 0) is 97.3 Å². The van der Waals surface area contributed by atoms with Crippen LogP contribution in [0.5, 0.6) is 0 Å². The molecule has 0 amide bonds. The monoisotopic (exact) mass is 668 g/mol. The van der Waals surface area contributed by atoms with Crippen molar-refractivity contribution in [2.45, 2.75) is 115 Å². The summed E-state index contributed by atoms with van der Waals surface area (Å²) in [6.07, 6.45) is 3.18. The number of aromatic nitrogens is 1. The van der Waals surface area contributed by atoms with Crippen molar-refractivity contribution in [3.8, 4) is 6.07 Å². The van der Waals surface area contributed by atoms with E-state index in [-0.39, 0.29) is 28.0 Å². The Morgan fingerprint density at radius 3 is 2.40 bits per heavy atom. The van der Waals surface area contributed by atoms with Gasteiger partial charge in [-0.25, -0.2) is 0 Å². The molecule has 3 heterocycles. The predicted molar refractivity (Wildman–Crippen MR) is 176 cm³/mol. The maximum absolute atomic E-state index is 13.8. The van der Waals surface area contributed by atoms with Gasteiger partial charge in [-0.1, -0.05) is 39.3 Å². The first-order valence-corrected chi connectivity index (χ1v) is 19.9. The van der Waals surface area contributed by atoms with Crippen molar-refractivity contribution in [3.05, 3.63) is 69.0 Å². The third kappa shape index (κ3) is 6.59. The van der Waals surface area contributed by atoms with E-state index < -0.39 is 31.7 Å². The van der Waals surface area contributed by atoms with Crippen LogP contribution in [0.25, 0.3) is 5.57 Å². The van der Waals surface area contributed by atoms with Gasteiger partial charge in [0.2, 0.25) is 0 Å². The summed E-state index contributed by atoms with van der Waals surface area (Å²) in [7, 11) is -2.27. The minimum Gasteiger partial charge on any atom is -0.410 e. The summed E-state index contributed by atoms with van der Waals surface area (Å²) < 4.78 is 60.2. The number of hydrogen-bond acceptors (Lipinski definition) is 6. The Kier molecular flexibility index (Phi) is 9.29. The summed E-state index contributed by atoms with van der Waals surface area (Å²) in [6, 6.07) is 5.12. The molecule has 2 aliphatic carbocycles. The third-order valence-electron chi connectivity index (χ3n) is 11.5. The van der Waals surface area contributed by atoms with Crippen molar-refractivity contribution in [3.63, 3.8) is 0 Å². The molecule has 1 aromatic heterocycles. The molecule has 2 aromatic rings. The van der Waals surface area contributed by atoms with Gasteiger partial charge in [0.1, 0.15) is 6.10 Å².